The Kier molecular flexibility index (Phi) is 5.27. The van der Waals surface area contributed by atoms with Gasteiger partial charge < -0.3 is 14.4 Å². The van der Waals surface area contributed by atoms with E-state index >= 15 is 0 Å². The molecule has 0 aliphatic carbocycles. The van der Waals surface area contributed by atoms with Crippen LogP contribution < -0.4 is 19.1 Å². The van der Waals surface area contributed by atoms with E-state index in [1.807, 2.05) is 13.8 Å². The lowest BCUT2D eigenvalue weighted by molar-refractivity contribution is -0.116. The number of ether oxygens (including phenoxy) is 2. The van der Waals surface area contributed by atoms with Crippen LogP contribution >= 0.6 is 0 Å². The summed E-state index contributed by atoms with van der Waals surface area (Å²) < 4.78 is 39.5. The van der Waals surface area contributed by atoms with Crippen molar-refractivity contribution in [2.45, 2.75) is 31.8 Å². The molecule has 0 bridgehead atoms. The fourth-order valence-corrected chi connectivity index (χ4v) is 3.89. The minimum atomic E-state index is -3.88. The second-order valence-corrected chi connectivity index (χ2v) is 8.10. The number of nitrogens with one attached hydrogen (secondary N) is 1. The van der Waals surface area contributed by atoms with Crippen LogP contribution in [0.25, 0.3) is 0 Å². The van der Waals surface area contributed by atoms with E-state index in [9.17, 15) is 13.2 Å². The Morgan fingerprint density at radius 1 is 1.22 bits per heavy atom. The first-order chi connectivity index (χ1) is 12.8. The van der Waals surface area contributed by atoms with E-state index in [1.165, 1.54) is 24.0 Å². The molecule has 8 heteroatoms. The number of hydrogen-bond acceptors (Lipinski definition) is 5. The number of fused-ring (bicyclic) bond motifs is 1. The van der Waals surface area contributed by atoms with Crippen molar-refractivity contribution in [3.63, 3.8) is 0 Å². The van der Waals surface area contributed by atoms with Gasteiger partial charge >= 0.3 is 0 Å². The van der Waals surface area contributed by atoms with Gasteiger partial charge in [-0.3, -0.25) is 9.52 Å². The molecule has 1 aliphatic heterocycles. The third-order valence-corrected chi connectivity index (χ3v) is 5.34. The summed E-state index contributed by atoms with van der Waals surface area (Å²) in [6.07, 6.45) is -0.0966. The molecule has 0 atom stereocenters. The second kappa shape index (κ2) is 7.48. The SMILES string of the molecule is CC(=O)N1CCOc2ccc(S(=O)(=O)Nc3ccccc3OC(C)C)cc21. The molecule has 2 aromatic rings. The van der Waals surface area contributed by atoms with Crippen LogP contribution in [-0.4, -0.2) is 33.6 Å². The number of nitrogens with zero attached hydrogens (tertiary/aromatic N) is 1. The van der Waals surface area contributed by atoms with Gasteiger partial charge in [-0.1, -0.05) is 12.1 Å². The quantitative estimate of drug-likeness (QED) is 0.848. The van der Waals surface area contributed by atoms with E-state index in [-0.39, 0.29) is 16.9 Å². The summed E-state index contributed by atoms with van der Waals surface area (Å²) in [7, 11) is -3.88. The van der Waals surface area contributed by atoms with Gasteiger partial charge in [0.2, 0.25) is 5.91 Å². The van der Waals surface area contributed by atoms with Gasteiger partial charge in [-0.25, -0.2) is 8.42 Å². The molecular weight excluding hydrogens is 368 g/mol. The number of carbonyl (C=O) groups excluding carboxylic acids is 1. The third-order valence-electron chi connectivity index (χ3n) is 3.98. The molecule has 144 valence electrons. The molecule has 1 heterocycles. The number of anilines is 2. The summed E-state index contributed by atoms with van der Waals surface area (Å²) in [5.74, 6) is 0.763. The van der Waals surface area contributed by atoms with Crippen LogP contribution in [0.4, 0.5) is 11.4 Å². The molecule has 27 heavy (non-hydrogen) atoms. The highest BCUT2D eigenvalue weighted by Crippen LogP contribution is 2.35. The van der Waals surface area contributed by atoms with E-state index in [2.05, 4.69) is 4.72 Å². The molecule has 1 amide bonds. The fraction of sp³-hybridized carbons (Fsp3) is 0.316. The fourth-order valence-electron chi connectivity index (χ4n) is 2.80. The van der Waals surface area contributed by atoms with Crippen LogP contribution in [0, 0.1) is 0 Å². The monoisotopic (exact) mass is 390 g/mol. The molecule has 0 unspecified atom stereocenters. The summed E-state index contributed by atoms with van der Waals surface area (Å²) in [4.78, 5) is 13.4. The maximum absolute atomic E-state index is 12.9. The summed E-state index contributed by atoms with van der Waals surface area (Å²) in [5, 5.41) is 0. The standard InChI is InChI=1S/C19H22N2O5S/c1-13(2)26-18-7-5-4-6-16(18)20-27(23,24)15-8-9-19-17(12-15)21(14(3)22)10-11-25-19/h4-9,12-13,20H,10-11H2,1-3H3. The van der Waals surface area contributed by atoms with E-state index in [1.54, 1.807) is 30.3 Å². The lowest BCUT2D eigenvalue weighted by Crippen LogP contribution is -2.36. The van der Waals surface area contributed by atoms with Gasteiger partial charge in [0.25, 0.3) is 10.0 Å². The lowest BCUT2D eigenvalue weighted by atomic mass is 10.2. The van der Waals surface area contributed by atoms with Crippen LogP contribution in [0.2, 0.25) is 0 Å². The van der Waals surface area contributed by atoms with Crippen molar-refractivity contribution in [3.8, 4) is 11.5 Å². The first-order valence-corrected chi connectivity index (χ1v) is 10.1. The van der Waals surface area contributed by atoms with Gasteiger partial charge in [-0.05, 0) is 44.2 Å². The maximum atomic E-state index is 12.9. The number of benzene rings is 2. The summed E-state index contributed by atoms with van der Waals surface area (Å²) in [6, 6.07) is 11.3. The third kappa shape index (κ3) is 4.16. The Labute approximate surface area is 158 Å². The normalized spacial score (nSPS) is 13.7. The molecule has 3 rings (SSSR count). The number of hydrogen-bond donors (Lipinski definition) is 1. The summed E-state index contributed by atoms with van der Waals surface area (Å²) in [6.45, 7) is 5.92. The second-order valence-electron chi connectivity index (χ2n) is 6.42. The average Bonchev–Trinajstić information content (AvgIpc) is 2.61. The highest BCUT2D eigenvalue weighted by Gasteiger charge is 2.25. The van der Waals surface area contributed by atoms with Crippen molar-refractivity contribution in [2.24, 2.45) is 0 Å². The smallest absolute Gasteiger partial charge is 0.262 e. The van der Waals surface area contributed by atoms with Crippen LogP contribution in [0.15, 0.2) is 47.4 Å². The maximum Gasteiger partial charge on any atom is 0.262 e. The minimum Gasteiger partial charge on any atom is -0.490 e. The van der Waals surface area contributed by atoms with Gasteiger partial charge in [0.1, 0.15) is 18.1 Å². The van der Waals surface area contributed by atoms with E-state index in [0.29, 0.717) is 36.0 Å². The number of para-hydroxylation sites is 2. The van der Waals surface area contributed by atoms with Gasteiger partial charge in [-0.15, -0.1) is 0 Å². The minimum absolute atomic E-state index is 0.0392. The highest BCUT2D eigenvalue weighted by atomic mass is 32.2. The van der Waals surface area contributed by atoms with E-state index in [0.717, 1.165) is 0 Å². The zero-order chi connectivity index (χ0) is 19.6. The Balaban J connectivity index is 1.95. The zero-order valence-corrected chi connectivity index (χ0v) is 16.2. The molecule has 0 aromatic heterocycles. The van der Waals surface area contributed by atoms with Gasteiger partial charge in [0, 0.05) is 6.92 Å². The van der Waals surface area contributed by atoms with E-state index < -0.39 is 10.0 Å². The Bertz CT molecular complexity index is 956. The van der Waals surface area contributed by atoms with Crippen LogP contribution in [0.1, 0.15) is 20.8 Å². The number of carbonyl (C=O) groups is 1. The van der Waals surface area contributed by atoms with Crippen molar-refractivity contribution in [2.75, 3.05) is 22.8 Å². The van der Waals surface area contributed by atoms with E-state index in [4.69, 9.17) is 9.47 Å². The van der Waals surface area contributed by atoms with Crippen LogP contribution in [0.5, 0.6) is 11.5 Å². The molecule has 0 radical (unpaired) electrons. The first-order valence-electron chi connectivity index (χ1n) is 8.61. The van der Waals surface area contributed by atoms with Gasteiger partial charge in [0.05, 0.1) is 28.9 Å². The molecule has 1 N–H and O–H groups in total. The van der Waals surface area contributed by atoms with Crippen LogP contribution in [-0.2, 0) is 14.8 Å². The largest absolute Gasteiger partial charge is 0.490 e. The van der Waals surface area contributed by atoms with Crippen molar-refractivity contribution in [1.82, 2.24) is 0 Å². The van der Waals surface area contributed by atoms with Gasteiger partial charge in [-0.2, -0.15) is 0 Å². The number of amides is 1. The molecule has 0 saturated carbocycles. The lowest BCUT2D eigenvalue weighted by Gasteiger charge is -2.29. The molecular formula is C19H22N2O5S. The zero-order valence-electron chi connectivity index (χ0n) is 15.4. The number of rotatable bonds is 5. The van der Waals surface area contributed by atoms with Crippen LogP contribution in [0.3, 0.4) is 0 Å². The Morgan fingerprint density at radius 3 is 2.67 bits per heavy atom. The predicted octanol–water partition coefficient (Wildman–Crippen LogP) is 3.02. The molecule has 2 aromatic carbocycles. The summed E-state index contributed by atoms with van der Waals surface area (Å²) >= 11 is 0. The molecule has 7 nitrogen and oxygen atoms in total. The molecule has 1 aliphatic rings. The van der Waals surface area contributed by atoms with Crippen molar-refractivity contribution < 1.29 is 22.7 Å². The van der Waals surface area contributed by atoms with Gasteiger partial charge in [0.15, 0.2) is 0 Å². The number of sulfonamides is 1. The Hall–Kier alpha value is -2.74. The predicted molar refractivity (Wildman–Crippen MR) is 103 cm³/mol. The topological polar surface area (TPSA) is 84.9 Å². The van der Waals surface area contributed by atoms with Crippen molar-refractivity contribution in [3.05, 3.63) is 42.5 Å². The molecule has 0 spiro atoms. The van der Waals surface area contributed by atoms with Crippen molar-refractivity contribution in [1.29, 1.82) is 0 Å². The molecule has 0 fully saturated rings. The Morgan fingerprint density at radius 2 is 1.96 bits per heavy atom. The highest BCUT2D eigenvalue weighted by molar-refractivity contribution is 7.92. The molecule has 0 saturated heterocycles. The van der Waals surface area contributed by atoms with Crippen molar-refractivity contribution >= 4 is 27.3 Å². The summed E-state index contributed by atoms with van der Waals surface area (Å²) in [5.41, 5.74) is 0.798. The average molecular weight is 390 g/mol. The first kappa shape index (κ1) is 19.0.